The van der Waals surface area contributed by atoms with Crippen molar-refractivity contribution in [3.05, 3.63) is 34.1 Å². The van der Waals surface area contributed by atoms with Gasteiger partial charge in [0.25, 0.3) is 5.91 Å². The highest BCUT2D eigenvalue weighted by Gasteiger charge is 2.09. The fourth-order valence-electron chi connectivity index (χ4n) is 1.16. The van der Waals surface area contributed by atoms with Crippen molar-refractivity contribution in [3.63, 3.8) is 0 Å². The van der Waals surface area contributed by atoms with Crippen LogP contribution in [0, 0.1) is 3.57 Å². The zero-order chi connectivity index (χ0) is 14.3. The third kappa shape index (κ3) is 5.86. The Morgan fingerprint density at radius 1 is 1.53 bits per heavy atom. The molecule has 0 aromatic heterocycles. The second-order valence-electron chi connectivity index (χ2n) is 3.27. The van der Waals surface area contributed by atoms with Gasteiger partial charge in [-0.05, 0) is 41.6 Å². The molecule has 1 amide bonds. The minimum absolute atomic E-state index is 0.0159. The SMILES string of the molecule is CCOC=CC(=O)Nc1ccc(I)c(OC(F)F)c1. The van der Waals surface area contributed by atoms with Crippen LogP contribution in [-0.2, 0) is 9.53 Å². The standard InChI is InChI=1S/C12H12F2INO3/c1-2-18-6-5-11(17)16-8-3-4-9(15)10(7-8)19-12(13)14/h3-7,12H,2H2,1H3,(H,16,17). The van der Waals surface area contributed by atoms with Crippen molar-refractivity contribution in [2.24, 2.45) is 0 Å². The first-order valence-electron chi connectivity index (χ1n) is 5.36. The molecule has 4 nitrogen and oxygen atoms in total. The largest absolute Gasteiger partial charge is 0.501 e. The molecule has 19 heavy (non-hydrogen) atoms. The third-order valence-corrected chi connectivity index (χ3v) is 2.79. The van der Waals surface area contributed by atoms with E-state index in [1.807, 2.05) is 22.6 Å². The lowest BCUT2D eigenvalue weighted by molar-refractivity contribution is -0.112. The highest BCUT2D eigenvalue weighted by atomic mass is 127. The smallest absolute Gasteiger partial charge is 0.387 e. The number of nitrogens with one attached hydrogen (secondary N) is 1. The van der Waals surface area contributed by atoms with E-state index in [1.54, 1.807) is 19.1 Å². The van der Waals surface area contributed by atoms with Crippen LogP contribution < -0.4 is 10.1 Å². The van der Waals surface area contributed by atoms with E-state index in [4.69, 9.17) is 4.74 Å². The minimum atomic E-state index is -2.91. The Bertz CT molecular complexity index is 466. The Labute approximate surface area is 122 Å². The first-order valence-corrected chi connectivity index (χ1v) is 6.44. The van der Waals surface area contributed by atoms with E-state index >= 15 is 0 Å². The highest BCUT2D eigenvalue weighted by Crippen LogP contribution is 2.26. The number of amides is 1. The number of anilines is 1. The summed E-state index contributed by atoms with van der Waals surface area (Å²) in [5.41, 5.74) is 0.363. The van der Waals surface area contributed by atoms with E-state index in [9.17, 15) is 13.6 Å². The summed E-state index contributed by atoms with van der Waals surface area (Å²) >= 11 is 1.87. The number of benzene rings is 1. The highest BCUT2D eigenvalue weighted by molar-refractivity contribution is 14.1. The molecule has 0 saturated carbocycles. The summed E-state index contributed by atoms with van der Waals surface area (Å²) in [6.45, 7) is -0.660. The molecule has 0 atom stereocenters. The maximum atomic E-state index is 12.2. The second kappa shape index (κ2) is 7.93. The van der Waals surface area contributed by atoms with Crippen molar-refractivity contribution in [1.82, 2.24) is 0 Å². The van der Waals surface area contributed by atoms with Gasteiger partial charge in [-0.15, -0.1) is 0 Å². The molecule has 0 heterocycles. The summed E-state index contributed by atoms with van der Waals surface area (Å²) in [6.07, 6.45) is 2.47. The van der Waals surface area contributed by atoms with E-state index in [1.165, 1.54) is 18.4 Å². The van der Waals surface area contributed by atoms with Crippen molar-refractivity contribution in [3.8, 4) is 5.75 Å². The number of carbonyl (C=O) groups excluding carboxylic acids is 1. The number of rotatable bonds is 6. The van der Waals surface area contributed by atoms with Gasteiger partial charge in [-0.25, -0.2) is 0 Å². The number of ether oxygens (including phenoxy) is 2. The quantitative estimate of drug-likeness (QED) is 0.466. The lowest BCUT2D eigenvalue weighted by Gasteiger charge is -2.09. The summed E-state index contributed by atoms with van der Waals surface area (Å²) in [6, 6.07) is 4.49. The molecule has 0 spiro atoms. The summed E-state index contributed by atoms with van der Waals surface area (Å²) in [7, 11) is 0. The zero-order valence-electron chi connectivity index (χ0n) is 10.0. The predicted octanol–water partition coefficient (Wildman–Crippen LogP) is 3.38. The molecule has 0 bridgehead atoms. The average molecular weight is 383 g/mol. The zero-order valence-corrected chi connectivity index (χ0v) is 12.2. The number of alkyl halides is 2. The summed E-state index contributed by atoms with van der Waals surface area (Å²) in [4.78, 5) is 11.4. The first kappa shape index (κ1) is 15.7. The molecule has 0 radical (unpaired) electrons. The van der Waals surface area contributed by atoms with Crippen LogP contribution in [-0.4, -0.2) is 19.1 Å². The van der Waals surface area contributed by atoms with Gasteiger partial charge in [0.1, 0.15) is 5.75 Å². The molecular formula is C12H12F2INO3. The Hall–Kier alpha value is -1.38. The van der Waals surface area contributed by atoms with Gasteiger partial charge in [-0.2, -0.15) is 8.78 Å². The van der Waals surface area contributed by atoms with Gasteiger partial charge in [0, 0.05) is 17.8 Å². The Morgan fingerprint density at radius 3 is 2.89 bits per heavy atom. The molecule has 0 fully saturated rings. The Kier molecular flexibility index (Phi) is 6.54. The summed E-state index contributed by atoms with van der Waals surface area (Å²) < 4.78 is 34.0. The van der Waals surface area contributed by atoms with Crippen LogP contribution in [0.4, 0.5) is 14.5 Å². The summed E-state index contributed by atoms with van der Waals surface area (Å²) in [5.74, 6) is -0.403. The van der Waals surface area contributed by atoms with Crippen molar-refractivity contribution in [2.75, 3.05) is 11.9 Å². The van der Waals surface area contributed by atoms with Crippen LogP contribution in [0.1, 0.15) is 6.92 Å². The molecule has 0 saturated heterocycles. The van der Waals surface area contributed by atoms with Crippen molar-refractivity contribution < 1.29 is 23.0 Å². The maximum absolute atomic E-state index is 12.2. The van der Waals surface area contributed by atoms with E-state index in [0.717, 1.165) is 0 Å². The summed E-state index contributed by atoms with van der Waals surface area (Å²) in [5, 5.41) is 2.51. The van der Waals surface area contributed by atoms with E-state index in [0.29, 0.717) is 15.9 Å². The fourth-order valence-corrected chi connectivity index (χ4v) is 1.62. The Morgan fingerprint density at radius 2 is 2.26 bits per heavy atom. The van der Waals surface area contributed by atoms with Gasteiger partial charge in [0.15, 0.2) is 0 Å². The monoisotopic (exact) mass is 383 g/mol. The molecular weight excluding hydrogens is 371 g/mol. The lowest BCUT2D eigenvalue weighted by Crippen LogP contribution is -2.09. The number of halogens is 3. The molecule has 0 unspecified atom stereocenters. The average Bonchev–Trinajstić information content (AvgIpc) is 2.33. The van der Waals surface area contributed by atoms with Gasteiger partial charge < -0.3 is 14.8 Å². The van der Waals surface area contributed by atoms with Crippen LogP contribution in [0.5, 0.6) is 5.75 Å². The Balaban J connectivity index is 2.71. The van der Waals surface area contributed by atoms with Gasteiger partial charge in [-0.3, -0.25) is 4.79 Å². The number of hydrogen-bond acceptors (Lipinski definition) is 3. The van der Waals surface area contributed by atoms with Gasteiger partial charge in [0.2, 0.25) is 0 Å². The van der Waals surface area contributed by atoms with Gasteiger partial charge >= 0.3 is 6.61 Å². The molecule has 1 N–H and O–H groups in total. The van der Waals surface area contributed by atoms with Crippen LogP contribution in [0.15, 0.2) is 30.5 Å². The first-order chi connectivity index (χ1) is 9.02. The molecule has 1 aromatic rings. The van der Waals surface area contributed by atoms with Gasteiger partial charge in [0.05, 0.1) is 16.4 Å². The van der Waals surface area contributed by atoms with Gasteiger partial charge in [-0.1, -0.05) is 0 Å². The van der Waals surface area contributed by atoms with E-state index in [-0.39, 0.29) is 5.75 Å². The fraction of sp³-hybridized carbons (Fsp3) is 0.250. The molecule has 0 aliphatic carbocycles. The van der Waals surface area contributed by atoms with Crippen LogP contribution >= 0.6 is 22.6 Å². The normalized spacial score (nSPS) is 10.8. The number of hydrogen-bond donors (Lipinski definition) is 1. The van der Waals surface area contributed by atoms with Crippen LogP contribution in [0.3, 0.4) is 0 Å². The topological polar surface area (TPSA) is 47.6 Å². The van der Waals surface area contributed by atoms with Crippen molar-refractivity contribution in [2.45, 2.75) is 13.5 Å². The van der Waals surface area contributed by atoms with E-state index in [2.05, 4.69) is 10.1 Å². The molecule has 7 heteroatoms. The lowest BCUT2D eigenvalue weighted by atomic mass is 10.3. The molecule has 0 aliphatic rings. The van der Waals surface area contributed by atoms with Crippen LogP contribution in [0.25, 0.3) is 0 Å². The molecule has 1 rings (SSSR count). The third-order valence-electron chi connectivity index (χ3n) is 1.90. The molecule has 104 valence electrons. The van der Waals surface area contributed by atoms with Crippen LogP contribution in [0.2, 0.25) is 0 Å². The second-order valence-corrected chi connectivity index (χ2v) is 4.43. The minimum Gasteiger partial charge on any atom is -0.501 e. The predicted molar refractivity (Wildman–Crippen MR) is 75.2 cm³/mol. The molecule has 0 aliphatic heterocycles. The van der Waals surface area contributed by atoms with Crippen molar-refractivity contribution in [1.29, 1.82) is 0 Å². The maximum Gasteiger partial charge on any atom is 0.387 e. The van der Waals surface area contributed by atoms with E-state index < -0.39 is 12.5 Å². The van der Waals surface area contributed by atoms with Crippen molar-refractivity contribution >= 4 is 34.2 Å². The number of carbonyl (C=O) groups is 1. The molecule has 1 aromatic carbocycles.